The average molecular weight is 961 g/mol. The van der Waals surface area contributed by atoms with Crippen molar-refractivity contribution in [3.63, 3.8) is 0 Å². The van der Waals surface area contributed by atoms with E-state index in [0.717, 1.165) is 18.2 Å². The van der Waals surface area contributed by atoms with Gasteiger partial charge in [-0.1, -0.05) is 0 Å². The SMILES string of the molecule is COc1cc(/C=C\C(=O)O[C@@H]2[C@@H](CO)O[C@@](CO)(O[C@H]3O[C@H](COC(=O)/C=C/c4cc(OC)c(O)c(OC)c4)[C@@H](O)[C@H](O)[C@H]3O)[C@H]2OC(=O)/C=C/c2cc(OC)c(O)c(OC)c2)cc(OC)c1O. The molecule has 0 radical (unpaired) electrons. The molecule has 2 heterocycles. The fourth-order valence-corrected chi connectivity index (χ4v) is 6.95. The zero-order valence-corrected chi connectivity index (χ0v) is 37.4. The number of phenols is 3. The van der Waals surface area contributed by atoms with Gasteiger partial charge in [-0.3, -0.25) is 0 Å². The van der Waals surface area contributed by atoms with Crippen LogP contribution in [0.5, 0.6) is 51.7 Å². The quantitative estimate of drug-likeness (QED) is 0.0436. The Balaban J connectivity index is 1.42. The summed E-state index contributed by atoms with van der Waals surface area (Å²) in [5, 5.41) is 85.1. The van der Waals surface area contributed by atoms with E-state index in [2.05, 4.69) is 0 Å². The average Bonchev–Trinajstić information content (AvgIpc) is 3.62. The number of aliphatic hydroxyl groups excluding tert-OH is 5. The summed E-state index contributed by atoms with van der Waals surface area (Å²) in [6.07, 6.45) is -8.68. The highest BCUT2D eigenvalue weighted by Crippen LogP contribution is 2.42. The topological polar surface area (TPSA) is 324 Å². The van der Waals surface area contributed by atoms with Gasteiger partial charge >= 0.3 is 17.9 Å². The van der Waals surface area contributed by atoms with Crippen molar-refractivity contribution in [1.29, 1.82) is 0 Å². The first-order valence-corrected chi connectivity index (χ1v) is 20.2. The molecule has 0 unspecified atom stereocenters. The highest BCUT2D eigenvalue weighted by atomic mass is 16.8. The van der Waals surface area contributed by atoms with Crippen LogP contribution in [0.1, 0.15) is 16.7 Å². The second-order valence-electron chi connectivity index (χ2n) is 14.7. The highest BCUT2D eigenvalue weighted by molar-refractivity contribution is 5.89. The molecule has 2 saturated heterocycles. The molecular weight excluding hydrogens is 908 g/mol. The van der Waals surface area contributed by atoms with Crippen LogP contribution in [-0.4, -0.2) is 176 Å². The zero-order chi connectivity index (χ0) is 49.9. The first-order chi connectivity index (χ1) is 32.5. The van der Waals surface area contributed by atoms with Crippen LogP contribution in [0.3, 0.4) is 0 Å². The Hall–Kier alpha value is -6.83. The number of hydrogen-bond donors (Lipinski definition) is 8. The number of aliphatic hydroxyl groups is 5. The van der Waals surface area contributed by atoms with Gasteiger partial charge < -0.3 is 97.7 Å². The number of ether oxygens (including phenoxy) is 12. The third kappa shape index (κ3) is 11.8. The number of carbonyl (C=O) groups is 3. The van der Waals surface area contributed by atoms with Gasteiger partial charge in [0.25, 0.3) is 0 Å². The normalized spacial score (nSPS) is 24.8. The van der Waals surface area contributed by atoms with Crippen LogP contribution in [0, 0.1) is 0 Å². The molecule has 5 rings (SSSR count). The van der Waals surface area contributed by atoms with Crippen molar-refractivity contribution >= 4 is 36.1 Å². The third-order valence-electron chi connectivity index (χ3n) is 10.5. The highest BCUT2D eigenvalue weighted by Gasteiger charge is 2.62. The molecule has 370 valence electrons. The maximum absolute atomic E-state index is 13.6. The molecule has 2 aliphatic heterocycles. The first-order valence-electron chi connectivity index (χ1n) is 20.2. The summed E-state index contributed by atoms with van der Waals surface area (Å²) in [7, 11) is 7.78. The molecule has 0 amide bonds. The molecule has 0 bridgehead atoms. The fraction of sp³-hybridized carbons (Fsp3) is 0.400. The Labute approximate surface area is 388 Å². The third-order valence-corrected chi connectivity index (χ3v) is 10.5. The van der Waals surface area contributed by atoms with Crippen molar-refractivity contribution in [1.82, 2.24) is 0 Å². The summed E-state index contributed by atoms with van der Waals surface area (Å²) in [5.74, 6) is -6.79. The van der Waals surface area contributed by atoms with Crippen LogP contribution in [0.25, 0.3) is 18.2 Å². The van der Waals surface area contributed by atoms with Gasteiger partial charge in [0, 0.05) is 18.2 Å². The predicted molar refractivity (Wildman–Crippen MR) is 231 cm³/mol. The van der Waals surface area contributed by atoms with Crippen LogP contribution < -0.4 is 28.4 Å². The largest absolute Gasteiger partial charge is 0.502 e. The van der Waals surface area contributed by atoms with Gasteiger partial charge in [0.05, 0.1) is 49.3 Å². The van der Waals surface area contributed by atoms with E-state index in [1.165, 1.54) is 97.3 Å². The van der Waals surface area contributed by atoms with Crippen LogP contribution in [-0.2, 0) is 42.8 Å². The Morgan fingerprint density at radius 2 is 0.971 bits per heavy atom. The summed E-state index contributed by atoms with van der Waals surface area (Å²) >= 11 is 0. The Kier molecular flexibility index (Phi) is 17.8. The van der Waals surface area contributed by atoms with E-state index in [9.17, 15) is 55.2 Å². The Morgan fingerprint density at radius 3 is 1.35 bits per heavy atom. The second kappa shape index (κ2) is 23.3. The summed E-state index contributed by atoms with van der Waals surface area (Å²) in [6, 6.07) is 8.26. The molecule has 0 aliphatic carbocycles. The molecule has 0 aromatic heterocycles. The fourth-order valence-electron chi connectivity index (χ4n) is 6.95. The Bertz CT molecular complexity index is 2270. The summed E-state index contributed by atoms with van der Waals surface area (Å²) in [6.45, 7) is -2.98. The number of methoxy groups -OCH3 is 6. The Morgan fingerprint density at radius 1 is 0.574 bits per heavy atom. The van der Waals surface area contributed by atoms with Gasteiger partial charge in [0.2, 0.25) is 23.0 Å². The van der Waals surface area contributed by atoms with Gasteiger partial charge in [-0.15, -0.1) is 0 Å². The van der Waals surface area contributed by atoms with E-state index in [1.54, 1.807) is 0 Å². The molecule has 68 heavy (non-hydrogen) atoms. The molecule has 2 aliphatic rings. The molecule has 23 heteroatoms. The minimum atomic E-state index is -2.68. The van der Waals surface area contributed by atoms with E-state index in [0.29, 0.717) is 5.56 Å². The van der Waals surface area contributed by atoms with Gasteiger partial charge in [-0.05, 0) is 71.3 Å². The van der Waals surface area contributed by atoms with E-state index in [-0.39, 0.29) is 62.9 Å². The number of hydrogen-bond acceptors (Lipinski definition) is 23. The lowest BCUT2D eigenvalue weighted by Gasteiger charge is -2.43. The predicted octanol–water partition coefficient (Wildman–Crippen LogP) is 0.566. The molecule has 9 atom stereocenters. The molecule has 0 saturated carbocycles. The monoisotopic (exact) mass is 960 g/mol. The van der Waals surface area contributed by atoms with Gasteiger partial charge in [0.15, 0.2) is 53.0 Å². The number of aromatic hydroxyl groups is 3. The van der Waals surface area contributed by atoms with Crippen molar-refractivity contribution in [2.75, 3.05) is 62.5 Å². The van der Waals surface area contributed by atoms with Crippen molar-refractivity contribution in [2.24, 2.45) is 0 Å². The van der Waals surface area contributed by atoms with Crippen LogP contribution in [0.2, 0.25) is 0 Å². The summed E-state index contributed by atoms with van der Waals surface area (Å²) < 4.78 is 65.0. The van der Waals surface area contributed by atoms with E-state index >= 15 is 0 Å². The van der Waals surface area contributed by atoms with Gasteiger partial charge in [-0.25, -0.2) is 14.4 Å². The summed E-state index contributed by atoms with van der Waals surface area (Å²) in [4.78, 5) is 39.8. The lowest BCUT2D eigenvalue weighted by molar-refractivity contribution is -0.383. The van der Waals surface area contributed by atoms with E-state index < -0.39 is 92.5 Å². The molecule has 8 N–H and O–H groups in total. The van der Waals surface area contributed by atoms with Crippen LogP contribution in [0.4, 0.5) is 0 Å². The molecule has 2 fully saturated rings. The minimum Gasteiger partial charge on any atom is -0.502 e. The lowest BCUT2D eigenvalue weighted by Crippen LogP contribution is -2.63. The minimum absolute atomic E-state index is 0.00590. The standard InChI is InChI=1S/C45H52O23/c1-57-25-13-22(14-26(58-2)36(25)51)7-10-33(48)63-20-32-39(54)40(55)41(56)44(64-32)68-45(21-47)43(66-35(50)12-9-24-17-29(61-5)38(53)30(18-24)62-6)42(31(19-46)67-45)65-34(49)11-8-23-15-27(59-3)37(52)28(16-23)60-4/h7-18,31-32,39-44,46-47,51-56H,19-21H2,1-6H3/b10-7+,11-8-,12-9+/t31-,32-,39-,40+,41-,42-,43+,44-,45+/m1/s1. The van der Waals surface area contributed by atoms with Crippen LogP contribution >= 0.6 is 0 Å². The molecular formula is C45H52O23. The van der Waals surface area contributed by atoms with E-state index in [4.69, 9.17) is 56.8 Å². The van der Waals surface area contributed by atoms with E-state index in [1.807, 2.05) is 0 Å². The first kappa shape index (κ1) is 52.1. The lowest BCUT2D eigenvalue weighted by atomic mass is 9.98. The maximum atomic E-state index is 13.6. The zero-order valence-electron chi connectivity index (χ0n) is 37.4. The number of benzene rings is 3. The molecule has 23 nitrogen and oxygen atoms in total. The van der Waals surface area contributed by atoms with Crippen molar-refractivity contribution in [2.45, 2.75) is 54.8 Å². The van der Waals surface area contributed by atoms with Crippen LogP contribution in [0.15, 0.2) is 54.6 Å². The molecule has 3 aromatic carbocycles. The van der Waals surface area contributed by atoms with Gasteiger partial charge in [-0.2, -0.15) is 0 Å². The second-order valence-corrected chi connectivity index (χ2v) is 14.7. The number of carbonyl (C=O) groups excluding carboxylic acids is 3. The van der Waals surface area contributed by atoms with Crippen molar-refractivity contribution < 1.29 is 112 Å². The smallest absolute Gasteiger partial charge is 0.331 e. The number of phenolic OH excluding ortho intramolecular Hbond substituents is 3. The molecule has 3 aromatic rings. The van der Waals surface area contributed by atoms with Crippen molar-refractivity contribution in [3.8, 4) is 51.7 Å². The maximum Gasteiger partial charge on any atom is 0.331 e. The van der Waals surface area contributed by atoms with Crippen molar-refractivity contribution in [3.05, 3.63) is 71.3 Å². The number of rotatable bonds is 20. The molecule has 0 spiro atoms. The summed E-state index contributed by atoms with van der Waals surface area (Å²) in [5.41, 5.74) is 0.906. The van der Waals surface area contributed by atoms with Gasteiger partial charge in [0.1, 0.15) is 43.7 Å². The number of esters is 3.